The summed E-state index contributed by atoms with van der Waals surface area (Å²) in [6, 6.07) is 11.5. The zero-order chi connectivity index (χ0) is 29.7. The van der Waals surface area contributed by atoms with Gasteiger partial charge in [0, 0.05) is 27.9 Å². The van der Waals surface area contributed by atoms with Crippen molar-refractivity contribution in [1.29, 1.82) is 0 Å². The molecule has 1 atom stereocenters. The van der Waals surface area contributed by atoms with Crippen LogP contribution in [0.1, 0.15) is 65.8 Å². The molecule has 1 unspecified atom stereocenters. The van der Waals surface area contributed by atoms with Gasteiger partial charge in [-0.1, -0.05) is 11.6 Å². The number of hydrogen-bond acceptors (Lipinski definition) is 7. The number of aromatic nitrogens is 1. The molecule has 1 saturated carbocycles. The molecule has 4 rings (SSSR count). The number of pyridine rings is 1. The van der Waals surface area contributed by atoms with Gasteiger partial charge in [-0.05, 0) is 93.0 Å². The third-order valence-corrected chi connectivity index (χ3v) is 7.74. The molecule has 2 N–H and O–H groups in total. The molecule has 1 aromatic heterocycles. The minimum Gasteiger partial charge on any atom is -0.495 e. The normalized spacial score (nSPS) is 17.4. The van der Waals surface area contributed by atoms with Gasteiger partial charge in [-0.15, -0.1) is 0 Å². The molecule has 1 fully saturated rings. The van der Waals surface area contributed by atoms with Gasteiger partial charge in [0.2, 0.25) is 5.91 Å². The average Bonchev–Trinajstić information content (AvgIpc) is 2.96. The van der Waals surface area contributed by atoms with Gasteiger partial charge in [-0.3, -0.25) is 19.0 Å². The lowest BCUT2D eigenvalue weighted by atomic mass is 9.83. The van der Waals surface area contributed by atoms with E-state index >= 15 is 0 Å². The van der Waals surface area contributed by atoms with Crippen LogP contribution in [0.5, 0.6) is 5.75 Å². The van der Waals surface area contributed by atoms with E-state index < -0.39 is 23.5 Å². The highest BCUT2D eigenvalue weighted by atomic mass is 35.5. The highest BCUT2D eigenvalue weighted by Gasteiger charge is 2.30. The van der Waals surface area contributed by atoms with Crippen LogP contribution < -0.4 is 15.6 Å². The number of aliphatic hydroxyl groups is 1. The number of ether oxygens (including phenoxy) is 2. The molecular formula is C31H33ClN2O7. The number of ketones is 1. The van der Waals surface area contributed by atoms with Gasteiger partial charge >= 0.3 is 5.97 Å². The van der Waals surface area contributed by atoms with Gasteiger partial charge in [0.25, 0.3) is 5.56 Å². The second-order valence-corrected chi connectivity index (χ2v) is 10.7. The smallest absolute Gasteiger partial charge is 0.337 e. The van der Waals surface area contributed by atoms with Crippen LogP contribution in [0.4, 0.5) is 5.69 Å². The SMILES string of the molecule is COC(=O)c1ccc(NC(=O)C(CC2CCC(O)CC2)n2cc(OC)c(-c3cc(Cl)ccc3C(C)=O)cc2=O)cc1. The van der Waals surface area contributed by atoms with Crippen molar-refractivity contribution in [3.63, 3.8) is 0 Å². The Balaban J connectivity index is 1.73. The number of anilines is 1. The first-order chi connectivity index (χ1) is 19.6. The molecule has 0 saturated heterocycles. The minimum absolute atomic E-state index is 0.116. The molecule has 1 amide bonds. The Morgan fingerprint density at radius 3 is 2.32 bits per heavy atom. The van der Waals surface area contributed by atoms with Crippen LogP contribution in [-0.2, 0) is 9.53 Å². The highest BCUT2D eigenvalue weighted by molar-refractivity contribution is 6.31. The summed E-state index contributed by atoms with van der Waals surface area (Å²) in [4.78, 5) is 51.4. The predicted octanol–water partition coefficient (Wildman–Crippen LogP) is 5.29. The average molecular weight is 581 g/mol. The fraction of sp³-hybridized carbons (Fsp3) is 0.355. The summed E-state index contributed by atoms with van der Waals surface area (Å²) in [5.41, 5.74) is 1.57. The van der Waals surface area contributed by atoms with Gasteiger partial charge in [-0.2, -0.15) is 0 Å². The number of esters is 1. The Morgan fingerprint density at radius 2 is 1.71 bits per heavy atom. The zero-order valence-corrected chi connectivity index (χ0v) is 23.9. The Kier molecular flexibility index (Phi) is 9.62. The minimum atomic E-state index is -0.891. The predicted molar refractivity (Wildman–Crippen MR) is 156 cm³/mol. The van der Waals surface area contributed by atoms with Gasteiger partial charge < -0.3 is 19.9 Å². The Labute approximate surface area is 243 Å². The number of halogens is 1. The number of rotatable bonds is 9. The molecule has 3 aromatic rings. The molecule has 0 spiro atoms. The van der Waals surface area contributed by atoms with E-state index in [1.807, 2.05) is 0 Å². The molecule has 0 radical (unpaired) electrons. The van der Waals surface area contributed by atoms with E-state index in [0.29, 0.717) is 58.0 Å². The number of aliphatic hydroxyl groups excluding tert-OH is 1. The molecule has 10 heteroatoms. The van der Waals surface area contributed by atoms with Gasteiger partial charge in [0.05, 0.1) is 32.1 Å². The molecule has 216 valence electrons. The monoisotopic (exact) mass is 580 g/mol. The summed E-state index contributed by atoms with van der Waals surface area (Å²) in [7, 11) is 2.74. The third-order valence-electron chi connectivity index (χ3n) is 7.50. The van der Waals surface area contributed by atoms with Gasteiger partial charge in [-0.25, -0.2) is 4.79 Å². The Morgan fingerprint density at radius 1 is 1.02 bits per heavy atom. The zero-order valence-electron chi connectivity index (χ0n) is 23.2. The molecule has 2 aromatic carbocycles. The molecule has 1 aliphatic carbocycles. The second-order valence-electron chi connectivity index (χ2n) is 10.2. The molecule has 0 aliphatic heterocycles. The van der Waals surface area contributed by atoms with Crippen molar-refractivity contribution in [3.05, 3.63) is 81.2 Å². The molecular weight excluding hydrogens is 548 g/mol. The number of benzene rings is 2. The van der Waals surface area contributed by atoms with Crippen LogP contribution >= 0.6 is 11.6 Å². The van der Waals surface area contributed by atoms with E-state index in [4.69, 9.17) is 21.1 Å². The van der Waals surface area contributed by atoms with Crippen LogP contribution in [0.2, 0.25) is 5.02 Å². The van der Waals surface area contributed by atoms with Crippen molar-refractivity contribution in [3.8, 4) is 16.9 Å². The number of hydrogen-bond donors (Lipinski definition) is 2. The largest absolute Gasteiger partial charge is 0.495 e. The number of carbonyl (C=O) groups excluding carboxylic acids is 3. The van der Waals surface area contributed by atoms with Crippen molar-refractivity contribution >= 4 is 34.9 Å². The van der Waals surface area contributed by atoms with Gasteiger partial charge in [0.15, 0.2) is 5.78 Å². The summed E-state index contributed by atoms with van der Waals surface area (Å²) in [6.07, 6.45) is 4.23. The van der Waals surface area contributed by atoms with Gasteiger partial charge in [0.1, 0.15) is 11.8 Å². The number of carbonyl (C=O) groups is 3. The molecule has 41 heavy (non-hydrogen) atoms. The first-order valence-electron chi connectivity index (χ1n) is 13.4. The maximum Gasteiger partial charge on any atom is 0.337 e. The van der Waals surface area contributed by atoms with Crippen molar-refractivity contribution in [2.24, 2.45) is 5.92 Å². The summed E-state index contributed by atoms with van der Waals surface area (Å²) < 4.78 is 11.7. The van der Waals surface area contributed by atoms with E-state index in [0.717, 1.165) is 12.8 Å². The Hall–Kier alpha value is -3.95. The quantitative estimate of drug-likeness (QED) is 0.260. The summed E-state index contributed by atoms with van der Waals surface area (Å²) >= 11 is 6.23. The maximum atomic E-state index is 13.7. The van der Waals surface area contributed by atoms with Crippen molar-refractivity contribution in [2.45, 2.75) is 51.2 Å². The second kappa shape index (κ2) is 13.1. The van der Waals surface area contributed by atoms with E-state index in [1.54, 1.807) is 42.5 Å². The first-order valence-corrected chi connectivity index (χ1v) is 13.8. The molecule has 1 heterocycles. The van der Waals surface area contributed by atoms with Crippen LogP contribution in [0.15, 0.2) is 59.5 Å². The number of methoxy groups -OCH3 is 2. The van der Waals surface area contributed by atoms with Crippen molar-refractivity contribution < 1.29 is 29.0 Å². The fourth-order valence-corrected chi connectivity index (χ4v) is 5.44. The summed E-state index contributed by atoms with van der Waals surface area (Å²) in [6.45, 7) is 1.43. The summed E-state index contributed by atoms with van der Waals surface area (Å²) in [5, 5.41) is 13.2. The molecule has 0 bridgehead atoms. The molecule has 1 aliphatic rings. The topological polar surface area (TPSA) is 124 Å². The number of amides is 1. The van der Waals surface area contributed by atoms with E-state index in [-0.39, 0.29) is 17.8 Å². The van der Waals surface area contributed by atoms with Crippen LogP contribution in [0, 0.1) is 5.92 Å². The lowest BCUT2D eigenvalue weighted by Gasteiger charge is -2.29. The van der Waals surface area contributed by atoms with Crippen LogP contribution in [0.3, 0.4) is 0 Å². The highest BCUT2D eigenvalue weighted by Crippen LogP contribution is 2.36. The molecule has 9 nitrogen and oxygen atoms in total. The third kappa shape index (κ3) is 7.04. The first kappa shape index (κ1) is 30.0. The summed E-state index contributed by atoms with van der Waals surface area (Å²) in [5.74, 6) is -0.685. The Bertz CT molecular complexity index is 1490. The number of Topliss-reactive ketones (excluding diaryl/α,β-unsaturated/α-hetero) is 1. The van der Waals surface area contributed by atoms with E-state index in [1.165, 1.54) is 38.0 Å². The maximum absolute atomic E-state index is 13.7. The lowest BCUT2D eigenvalue weighted by molar-refractivity contribution is -0.120. The number of nitrogens with one attached hydrogen (secondary N) is 1. The standard InChI is InChI=1S/C31H33ClN2O7/c1-18(35)24-13-8-21(32)15-25(24)26-16-29(37)34(17-28(26)40-2)27(14-19-4-11-23(36)12-5-19)30(38)33-22-9-6-20(7-10-22)31(39)41-3/h6-10,13,15-17,19,23,27,36H,4-5,11-12,14H2,1-3H3,(H,33,38). The van der Waals surface area contributed by atoms with Crippen molar-refractivity contribution in [1.82, 2.24) is 4.57 Å². The van der Waals surface area contributed by atoms with E-state index in [9.17, 15) is 24.3 Å². The van der Waals surface area contributed by atoms with Crippen LogP contribution in [0.25, 0.3) is 11.1 Å². The van der Waals surface area contributed by atoms with E-state index in [2.05, 4.69) is 5.32 Å². The lowest BCUT2D eigenvalue weighted by Crippen LogP contribution is -2.35. The number of nitrogens with zero attached hydrogens (tertiary/aromatic N) is 1. The van der Waals surface area contributed by atoms with Crippen molar-refractivity contribution in [2.75, 3.05) is 19.5 Å². The fourth-order valence-electron chi connectivity index (χ4n) is 5.27. The van der Waals surface area contributed by atoms with Crippen LogP contribution in [-0.4, -0.2) is 47.7 Å².